The standard InChI is InChI=1S/C31H30O6/c1-3-27(23-7-5-4-6-8-23)31(24-12-9-22(10-13-24)11-18-28(32)33)25-14-16-26(17-15-25)37-30(36)20-21(2)19-29(34)35/h4-18,21H,3,19-20H2,1-2H3,(H,32,33)(H,34,35). The monoisotopic (exact) mass is 498 g/mol. The Balaban J connectivity index is 1.95. The number of carbonyl (C=O) groups excluding carboxylic acids is 1. The van der Waals surface area contributed by atoms with Crippen molar-refractivity contribution in [3.63, 3.8) is 0 Å². The quantitative estimate of drug-likeness (QED) is 0.134. The van der Waals surface area contributed by atoms with E-state index in [2.05, 4.69) is 19.1 Å². The summed E-state index contributed by atoms with van der Waals surface area (Å²) in [7, 11) is 0. The van der Waals surface area contributed by atoms with E-state index in [9.17, 15) is 14.4 Å². The number of aliphatic carboxylic acids is 2. The van der Waals surface area contributed by atoms with Crippen molar-refractivity contribution in [3.05, 3.63) is 107 Å². The van der Waals surface area contributed by atoms with Crippen LogP contribution in [0.1, 0.15) is 55.4 Å². The Morgan fingerprint density at radius 3 is 1.95 bits per heavy atom. The first-order valence-corrected chi connectivity index (χ1v) is 12.1. The number of ether oxygens (including phenoxy) is 1. The van der Waals surface area contributed by atoms with Crippen molar-refractivity contribution in [3.8, 4) is 5.75 Å². The normalized spacial score (nSPS) is 12.6. The zero-order valence-electron chi connectivity index (χ0n) is 20.9. The molecule has 0 aliphatic heterocycles. The number of allylic oxidation sites excluding steroid dienone is 1. The Labute approximate surface area is 216 Å². The number of rotatable bonds is 11. The summed E-state index contributed by atoms with van der Waals surface area (Å²) in [5, 5.41) is 17.8. The number of carbonyl (C=O) groups is 3. The van der Waals surface area contributed by atoms with Gasteiger partial charge in [-0.1, -0.05) is 80.6 Å². The molecule has 2 N–H and O–H groups in total. The van der Waals surface area contributed by atoms with E-state index in [4.69, 9.17) is 14.9 Å². The minimum atomic E-state index is -1.00. The number of benzene rings is 3. The molecule has 6 heteroatoms. The van der Waals surface area contributed by atoms with E-state index in [1.54, 1.807) is 25.1 Å². The fraction of sp³-hybridized carbons (Fsp3) is 0.194. The summed E-state index contributed by atoms with van der Waals surface area (Å²) in [5.41, 5.74) is 5.95. The van der Waals surface area contributed by atoms with Crippen LogP contribution in [0.15, 0.2) is 84.9 Å². The van der Waals surface area contributed by atoms with Gasteiger partial charge >= 0.3 is 17.9 Å². The van der Waals surface area contributed by atoms with Crippen molar-refractivity contribution in [1.82, 2.24) is 0 Å². The van der Waals surface area contributed by atoms with Gasteiger partial charge in [0, 0.05) is 18.9 Å². The number of esters is 1. The minimum Gasteiger partial charge on any atom is -0.481 e. The highest BCUT2D eigenvalue weighted by Crippen LogP contribution is 2.35. The zero-order valence-corrected chi connectivity index (χ0v) is 20.9. The summed E-state index contributed by atoms with van der Waals surface area (Å²) >= 11 is 0. The summed E-state index contributed by atoms with van der Waals surface area (Å²) in [6.07, 6.45) is 3.37. The van der Waals surface area contributed by atoms with Gasteiger partial charge in [-0.3, -0.25) is 9.59 Å². The molecular formula is C31H30O6. The van der Waals surface area contributed by atoms with Gasteiger partial charge < -0.3 is 14.9 Å². The lowest BCUT2D eigenvalue weighted by Gasteiger charge is -2.17. The van der Waals surface area contributed by atoms with Gasteiger partial charge in [-0.15, -0.1) is 0 Å². The molecule has 0 aliphatic rings. The Kier molecular flexibility index (Phi) is 9.55. The number of hydrogen-bond donors (Lipinski definition) is 2. The molecular weight excluding hydrogens is 468 g/mol. The highest BCUT2D eigenvalue weighted by Gasteiger charge is 2.16. The van der Waals surface area contributed by atoms with Crippen LogP contribution in [0.3, 0.4) is 0 Å². The second kappa shape index (κ2) is 13.0. The topological polar surface area (TPSA) is 101 Å². The first kappa shape index (κ1) is 27.1. The molecule has 0 saturated carbocycles. The Morgan fingerprint density at radius 1 is 0.811 bits per heavy atom. The van der Waals surface area contributed by atoms with Crippen molar-refractivity contribution in [2.45, 2.75) is 33.1 Å². The van der Waals surface area contributed by atoms with Gasteiger partial charge in [-0.25, -0.2) is 4.79 Å². The average Bonchev–Trinajstić information content (AvgIpc) is 2.87. The molecule has 1 unspecified atom stereocenters. The zero-order chi connectivity index (χ0) is 26.8. The lowest BCUT2D eigenvalue weighted by Crippen LogP contribution is -2.14. The highest BCUT2D eigenvalue weighted by atomic mass is 16.5. The molecule has 0 aliphatic carbocycles. The second-order valence-corrected chi connectivity index (χ2v) is 8.77. The maximum absolute atomic E-state index is 12.2. The predicted molar refractivity (Wildman–Crippen MR) is 144 cm³/mol. The van der Waals surface area contributed by atoms with Crippen molar-refractivity contribution in [1.29, 1.82) is 0 Å². The molecule has 3 rings (SSSR count). The van der Waals surface area contributed by atoms with Crippen LogP contribution in [-0.2, 0) is 14.4 Å². The smallest absolute Gasteiger partial charge is 0.328 e. The lowest BCUT2D eigenvalue weighted by molar-refractivity contribution is -0.139. The van der Waals surface area contributed by atoms with Crippen molar-refractivity contribution in [2.75, 3.05) is 0 Å². The van der Waals surface area contributed by atoms with Gasteiger partial charge in [0.25, 0.3) is 0 Å². The van der Waals surface area contributed by atoms with Gasteiger partial charge in [0.2, 0.25) is 0 Å². The molecule has 0 spiro atoms. The molecule has 6 nitrogen and oxygen atoms in total. The van der Waals surface area contributed by atoms with Crippen LogP contribution in [0.5, 0.6) is 5.75 Å². The third-order valence-corrected chi connectivity index (χ3v) is 5.81. The molecule has 190 valence electrons. The van der Waals surface area contributed by atoms with Gasteiger partial charge in [-0.05, 0) is 63.9 Å². The molecule has 0 radical (unpaired) electrons. The van der Waals surface area contributed by atoms with Crippen LogP contribution in [-0.4, -0.2) is 28.1 Å². The van der Waals surface area contributed by atoms with Crippen LogP contribution < -0.4 is 4.74 Å². The molecule has 37 heavy (non-hydrogen) atoms. The maximum atomic E-state index is 12.2. The Morgan fingerprint density at radius 2 is 1.41 bits per heavy atom. The number of hydrogen-bond acceptors (Lipinski definition) is 4. The van der Waals surface area contributed by atoms with E-state index in [-0.39, 0.29) is 18.8 Å². The van der Waals surface area contributed by atoms with Gasteiger partial charge in [0.15, 0.2) is 0 Å². The largest absolute Gasteiger partial charge is 0.481 e. The van der Waals surface area contributed by atoms with E-state index >= 15 is 0 Å². The first-order valence-electron chi connectivity index (χ1n) is 12.1. The van der Waals surface area contributed by atoms with Gasteiger partial charge in [-0.2, -0.15) is 0 Å². The van der Waals surface area contributed by atoms with Crippen LogP contribution in [0.4, 0.5) is 0 Å². The molecule has 0 aromatic heterocycles. The summed E-state index contributed by atoms with van der Waals surface area (Å²) < 4.78 is 5.44. The summed E-state index contributed by atoms with van der Waals surface area (Å²) in [5.74, 6) is -2.34. The highest BCUT2D eigenvalue weighted by molar-refractivity contribution is 5.98. The van der Waals surface area contributed by atoms with Gasteiger partial charge in [0.05, 0.1) is 0 Å². The van der Waals surface area contributed by atoms with Gasteiger partial charge in [0.1, 0.15) is 5.75 Å². The third kappa shape index (κ3) is 8.04. The molecule has 0 heterocycles. The lowest BCUT2D eigenvalue weighted by atomic mass is 9.88. The SMILES string of the molecule is CCC(=C(c1ccc(C=CC(=O)O)cc1)c1ccc(OC(=O)CC(C)CC(=O)O)cc1)c1ccccc1. The van der Waals surface area contributed by atoms with Crippen LogP contribution in [0.2, 0.25) is 0 Å². The van der Waals surface area contributed by atoms with Crippen LogP contribution in [0.25, 0.3) is 17.2 Å². The summed E-state index contributed by atoms with van der Waals surface area (Å²) in [6.45, 7) is 3.80. The summed E-state index contributed by atoms with van der Waals surface area (Å²) in [6, 6.07) is 25.0. The van der Waals surface area contributed by atoms with Crippen LogP contribution in [0, 0.1) is 5.92 Å². The molecule has 0 saturated heterocycles. The maximum Gasteiger partial charge on any atom is 0.328 e. The second-order valence-electron chi connectivity index (χ2n) is 8.77. The number of carboxylic acid groups (broad SMARTS) is 2. The number of carboxylic acids is 2. The van der Waals surface area contributed by atoms with E-state index < -0.39 is 17.9 Å². The fourth-order valence-electron chi connectivity index (χ4n) is 4.13. The minimum absolute atomic E-state index is 0.0237. The van der Waals surface area contributed by atoms with Crippen molar-refractivity contribution < 1.29 is 29.3 Å². The van der Waals surface area contributed by atoms with E-state index in [1.807, 2.05) is 54.6 Å². The predicted octanol–water partition coefficient (Wildman–Crippen LogP) is 6.56. The Bertz CT molecular complexity index is 1290. The molecule has 3 aromatic carbocycles. The molecule has 0 amide bonds. The molecule has 1 atom stereocenters. The van der Waals surface area contributed by atoms with E-state index in [1.165, 1.54) is 0 Å². The average molecular weight is 499 g/mol. The molecule has 0 fully saturated rings. The summed E-state index contributed by atoms with van der Waals surface area (Å²) in [4.78, 5) is 33.9. The van der Waals surface area contributed by atoms with E-state index in [0.717, 1.165) is 45.9 Å². The fourth-order valence-corrected chi connectivity index (χ4v) is 4.13. The van der Waals surface area contributed by atoms with Crippen molar-refractivity contribution in [2.24, 2.45) is 5.92 Å². The van der Waals surface area contributed by atoms with Crippen molar-refractivity contribution >= 4 is 35.1 Å². The van der Waals surface area contributed by atoms with Crippen LogP contribution >= 0.6 is 0 Å². The Hall–Kier alpha value is -4.45. The molecule has 0 bridgehead atoms. The molecule has 3 aromatic rings. The first-order chi connectivity index (χ1) is 17.8. The van der Waals surface area contributed by atoms with E-state index in [0.29, 0.717) is 5.75 Å². The third-order valence-electron chi connectivity index (χ3n) is 5.81.